The second-order valence-electron chi connectivity index (χ2n) is 12.7. The molecule has 1 N–H and O–H groups in total. The van der Waals surface area contributed by atoms with E-state index in [2.05, 4.69) is 85.7 Å². The molecule has 1 saturated carbocycles. The predicted octanol–water partition coefficient (Wildman–Crippen LogP) is 5.52. The molecule has 0 aromatic carbocycles. The van der Waals surface area contributed by atoms with Crippen molar-refractivity contribution < 1.29 is 37.8 Å². The Labute approximate surface area is 207 Å². The SMILES string of the molecule is CN1C(C)(C)CC(C2CCC2(C)O)CC1(C)C.CN1C(C)(C)C[CH-]CC1(C)C.[Y]. The average molecular weight is 483 g/mol. The van der Waals surface area contributed by atoms with Gasteiger partial charge in [0, 0.05) is 43.8 Å². The first-order chi connectivity index (χ1) is 12.4. The molecule has 4 heteroatoms. The summed E-state index contributed by atoms with van der Waals surface area (Å²) in [5.74, 6) is 1.20. The van der Waals surface area contributed by atoms with E-state index in [4.69, 9.17) is 0 Å². The number of rotatable bonds is 1. The van der Waals surface area contributed by atoms with Gasteiger partial charge in [-0.2, -0.15) is 12.8 Å². The van der Waals surface area contributed by atoms with Crippen molar-refractivity contribution in [2.24, 2.45) is 11.8 Å². The molecule has 1 aliphatic carbocycles. The molecule has 3 aliphatic rings. The Morgan fingerprint density at radius 3 is 1.38 bits per heavy atom. The summed E-state index contributed by atoms with van der Waals surface area (Å²) < 4.78 is 0. The van der Waals surface area contributed by atoms with Crippen LogP contribution in [0.4, 0.5) is 0 Å². The van der Waals surface area contributed by atoms with Gasteiger partial charge in [-0.1, -0.05) is 0 Å². The van der Waals surface area contributed by atoms with Gasteiger partial charge in [0.15, 0.2) is 0 Å². The third-order valence-electron chi connectivity index (χ3n) is 8.77. The fourth-order valence-electron chi connectivity index (χ4n) is 6.08. The fourth-order valence-corrected chi connectivity index (χ4v) is 6.08. The molecule has 0 spiro atoms. The molecule has 2 aliphatic heterocycles. The van der Waals surface area contributed by atoms with Gasteiger partial charge in [-0.15, -0.1) is 0 Å². The first-order valence-electron chi connectivity index (χ1n) is 11.4. The zero-order valence-electron chi connectivity index (χ0n) is 21.4. The molecule has 3 nitrogen and oxygen atoms in total. The molecule has 0 aromatic heterocycles. The molecule has 0 aromatic rings. The van der Waals surface area contributed by atoms with E-state index in [-0.39, 0.29) is 43.8 Å². The van der Waals surface area contributed by atoms with Gasteiger partial charge >= 0.3 is 0 Å². The van der Waals surface area contributed by atoms with Crippen molar-refractivity contribution in [3.05, 3.63) is 6.42 Å². The van der Waals surface area contributed by atoms with Crippen molar-refractivity contribution >= 4 is 0 Å². The number of hydrogen-bond donors (Lipinski definition) is 1. The second-order valence-corrected chi connectivity index (χ2v) is 12.7. The molecule has 2 unspecified atom stereocenters. The Bertz CT molecular complexity index is 519. The second kappa shape index (κ2) is 9.08. The van der Waals surface area contributed by atoms with E-state index in [9.17, 15) is 5.11 Å². The van der Waals surface area contributed by atoms with E-state index < -0.39 is 5.60 Å². The summed E-state index contributed by atoms with van der Waals surface area (Å²) in [4.78, 5) is 5.00. The van der Waals surface area contributed by atoms with Crippen LogP contribution in [0.2, 0.25) is 0 Å². The maximum Gasteiger partial charge on any atom is 0.0650 e. The van der Waals surface area contributed by atoms with Crippen molar-refractivity contribution in [3.63, 3.8) is 0 Å². The molecule has 1 radical (unpaired) electrons. The first kappa shape index (κ1) is 28.0. The number of likely N-dealkylation sites (tertiary alicyclic amines) is 2. The van der Waals surface area contributed by atoms with Crippen LogP contribution in [0, 0.1) is 18.3 Å². The van der Waals surface area contributed by atoms with Gasteiger partial charge in [-0.05, 0) is 125 Å². The summed E-state index contributed by atoms with van der Waals surface area (Å²) in [6.07, 6.45) is 9.49. The minimum atomic E-state index is -0.396. The van der Waals surface area contributed by atoms with Crippen LogP contribution in [0.3, 0.4) is 0 Å². The van der Waals surface area contributed by atoms with Crippen molar-refractivity contribution in [2.45, 2.75) is 129 Å². The number of aliphatic hydroxyl groups is 1. The van der Waals surface area contributed by atoms with Gasteiger partial charge < -0.3 is 16.4 Å². The van der Waals surface area contributed by atoms with Crippen molar-refractivity contribution in [1.29, 1.82) is 0 Å². The van der Waals surface area contributed by atoms with E-state index in [1.54, 1.807) is 0 Å². The molecule has 0 amide bonds. The van der Waals surface area contributed by atoms with Gasteiger partial charge in [0.25, 0.3) is 0 Å². The average Bonchev–Trinajstić information content (AvgIpc) is 2.49. The summed E-state index contributed by atoms with van der Waals surface area (Å²) in [5, 5.41) is 10.3. The van der Waals surface area contributed by atoms with Crippen molar-refractivity contribution in [2.75, 3.05) is 14.1 Å². The Hall–Kier alpha value is 0.984. The van der Waals surface area contributed by atoms with Crippen LogP contribution in [0.1, 0.15) is 101 Å². The number of piperidine rings is 2. The topological polar surface area (TPSA) is 26.7 Å². The van der Waals surface area contributed by atoms with Gasteiger partial charge in [0.05, 0.1) is 5.60 Å². The van der Waals surface area contributed by atoms with Gasteiger partial charge in [-0.3, -0.25) is 4.90 Å². The van der Waals surface area contributed by atoms with Crippen molar-refractivity contribution in [3.8, 4) is 0 Å². The van der Waals surface area contributed by atoms with Gasteiger partial charge in [-0.25, -0.2) is 0 Å². The Kier molecular flexibility index (Phi) is 8.78. The summed E-state index contributed by atoms with van der Waals surface area (Å²) in [5.41, 5.74) is 0.798. The quantitative estimate of drug-likeness (QED) is 0.499. The van der Waals surface area contributed by atoms with E-state index in [1.807, 2.05) is 6.92 Å². The molecule has 0 bridgehead atoms. The first-order valence-corrected chi connectivity index (χ1v) is 11.4. The molecule has 3 rings (SSSR count). The zero-order chi connectivity index (χ0) is 21.8. The minimum Gasteiger partial charge on any atom is -0.390 e. The van der Waals surface area contributed by atoms with E-state index in [0.29, 0.717) is 22.9 Å². The van der Waals surface area contributed by atoms with Crippen LogP contribution in [-0.4, -0.2) is 56.8 Å². The van der Waals surface area contributed by atoms with Crippen molar-refractivity contribution in [1.82, 2.24) is 9.80 Å². The summed E-state index contributed by atoms with van der Waals surface area (Å²) >= 11 is 0. The third-order valence-corrected chi connectivity index (χ3v) is 8.77. The van der Waals surface area contributed by atoms with Crippen LogP contribution < -0.4 is 0 Å². The zero-order valence-corrected chi connectivity index (χ0v) is 24.2. The van der Waals surface area contributed by atoms with Crippen LogP contribution >= 0.6 is 0 Å². The molecule has 2 atom stereocenters. The van der Waals surface area contributed by atoms with Crippen LogP contribution in [0.5, 0.6) is 0 Å². The predicted molar refractivity (Wildman–Crippen MR) is 121 cm³/mol. The van der Waals surface area contributed by atoms with Gasteiger partial charge in [0.1, 0.15) is 0 Å². The minimum absolute atomic E-state index is 0. The van der Waals surface area contributed by atoms with Crippen LogP contribution in [0.15, 0.2) is 0 Å². The van der Waals surface area contributed by atoms with E-state index in [0.717, 1.165) is 6.42 Å². The largest absolute Gasteiger partial charge is 0.390 e. The van der Waals surface area contributed by atoms with Crippen LogP contribution in [0.25, 0.3) is 0 Å². The Balaban J connectivity index is 0.000000306. The van der Waals surface area contributed by atoms with Crippen LogP contribution in [-0.2, 0) is 32.7 Å². The molecule has 2 heterocycles. The number of hydrogen-bond acceptors (Lipinski definition) is 3. The Morgan fingerprint density at radius 2 is 1.10 bits per heavy atom. The molecule has 3 fully saturated rings. The maximum atomic E-state index is 10.3. The smallest absolute Gasteiger partial charge is 0.0650 e. The normalized spacial score (nSPS) is 36.2. The number of nitrogens with zero attached hydrogens (tertiary/aromatic N) is 2. The molecular weight excluding hydrogens is 433 g/mol. The summed E-state index contributed by atoms with van der Waals surface area (Å²) in [6, 6.07) is 0. The summed E-state index contributed by atoms with van der Waals surface area (Å²) in [7, 11) is 4.47. The Morgan fingerprint density at radius 1 is 0.724 bits per heavy atom. The fraction of sp³-hybridized carbons (Fsp3) is 0.960. The molecule has 2 saturated heterocycles. The third kappa shape index (κ3) is 6.07. The molecule has 169 valence electrons. The summed E-state index contributed by atoms with van der Waals surface area (Å²) in [6.45, 7) is 20.6. The molecular formula is C25H49N2OY-. The molecule has 29 heavy (non-hydrogen) atoms. The van der Waals surface area contributed by atoms with E-state index in [1.165, 1.54) is 32.1 Å². The van der Waals surface area contributed by atoms with E-state index >= 15 is 0 Å². The monoisotopic (exact) mass is 482 g/mol. The maximum absolute atomic E-state index is 10.3. The standard InChI is InChI=1S/C15H29NO.C10H20N.Y/c1-13(2)9-11(10-14(3,4)16(13)6)12-7-8-15(12,5)17;1-9(2)7-6-8-10(3,4)11(9)5;/h11-12,17H,7-10H2,1-6H3;6H,7-8H2,1-5H3;/q;-1;. The van der Waals surface area contributed by atoms with Gasteiger partial charge in [0.2, 0.25) is 0 Å².